The van der Waals surface area contributed by atoms with Crippen molar-refractivity contribution in [2.75, 3.05) is 0 Å². The molecule has 0 amide bonds. The molecule has 2 aliphatic carbocycles. The molecule has 2 rings (SSSR count). The van der Waals surface area contributed by atoms with Crippen LogP contribution >= 0.6 is 0 Å². The number of aliphatic hydroxyl groups is 1. The van der Waals surface area contributed by atoms with Crippen LogP contribution in [0.5, 0.6) is 0 Å². The molecule has 0 aromatic rings. The third-order valence-corrected chi connectivity index (χ3v) is 7.73. The van der Waals surface area contributed by atoms with Crippen molar-refractivity contribution in [3.05, 3.63) is 0 Å². The van der Waals surface area contributed by atoms with E-state index in [0.29, 0.717) is 11.3 Å². The van der Waals surface area contributed by atoms with Crippen LogP contribution in [-0.4, -0.2) is 11.2 Å². The van der Waals surface area contributed by atoms with E-state index in [-0.39, 0.29) is 6.10 Å². The lowest BCUT2D eigenvalue weighted by Crippen LogP contribution is -2.42. The van der Waals surface area contributed by atoms with Crippen LogP contribution in [0, 0.1) is 35.0 Å². The van der Waals surface area contributed by atoms with Crippen LogP contribution in [0.3, 0.4) is 0 Å². The van der Waals surface area contributed by atoms with Gasteiger partial charge in [-0.2, -0.15) is 0 Å². The number of hydrogen-bond donors (Lipinski definition) is 1. The van der Waals surface area contributed by atoms with Gasteiger partial charge < -0.3 is 5.11 Å². The Morgan fingerprint density at radius 3 is 1.96 bits per heavy atom. The summed E-state index contributed by atoms with van der Waals surface area (Å²) < 4.78 is 0. The normalized spacial score (nSPS) is 39.4. The topological polar surface area (TPSA) is 20.2 Å². The minimum atomic E-state index is -0.0267. The van der Waals surface area contributed by atoms with Crippen LogP contribution in [0.15, 0.2) is 0 Å². The first-order chi connectivity index (χ1) is 10.9. The molecule has 1 N–H and O–H groups in total. The van der Waals surface area contributed by atoms with E-state index in [9.17, 15) is 5.11 Å². The molecule has 0 saturated heterocycles. The van der Waals surface area contributed by atoms with Gasteiger partial charge in [0.05, 0.1) is 6.10 Å². The monoisotopic (exact) mass is 322 g/mol. The quantitative estimate of drug-likeness (QED) is 0.596. The highest BCUT2D eigenvalue weighted by Crippen LogP contribution is 2.52. The van der Waals surface area contributed by atoms with Gasteiger partial charge >= 0.3 is 0 Å². The van der Waals surface area contributed by atoms with E-state index in [0.717, 1.165) is 30.1 Å². The van der Waals surface area contributed by atoms with Crippen molar-refractivity contribution >= 4 is 0 Å². The highest BCUT2D eigenvalue weighted by atomic mass is 16.3. The molecule has 2 fully saturated rings. The maximum absolute atomic E-state index is 10.3. The molecule has 1 heteroatoms. The Morgan fingerprint density at radius 2 is 1.35 bits per heavy atom. The predicted octanol–water partition coefficient (Wildman–Crippen LogP) is 6.44. The van der Waals surface area contributed by atoms with Crippen LogP contribution in [0.1, 0.15) is 98.8 Å². The van der Waals surface area contributed by atoms with Crippen LogP contribution in [0.25, 0.3) is 0 Å². The first kappa shape index (κ1) is 19.3. The second-order valence-corrected chi connectivity index (χ2v) is 9.48. The predicted molar refractivity (Wildman–Crippen MR) is 100 cm³/mol. The Balaban J connectivity index is 2.02. The first-order valence-corrected chi connectivity index (χ1v) is 10.6. The molecule has 6 unspecified atom stereocenters. The molecule has 2 saturated carbocycles. The molecule has 0 spiro atoms. The van der Waals surface area contributed by atoms with E-state index in [1.807, 2.05) is 0 Å². The van der Waals surface area contributed by atoms with Gasteiger partial charge in [0.15, 0.2) is 0 Å². The molecular formula is C22H42O. The van der Waals surface area contributed by atoms with Gasteiger partial charge in [-0.25, -0.2) is 0 Å². The van der Waals surface area contributed by atoms with E-state index in [2.05, 4.69) is 34.6 Å². The highest BCUT2D eigenvalue weighted by Gasteiger charge is 2.43. The van der Waals surface area contributed by atoms with Crippen molar-refractivity contribution < 1.29 is 5.11 Å². The lowest BCUT2D eigenvalue weighted by molar-refractivity contribution is -0.0264. The molecule has 1 nitrogen and oxygen atoms in total. The smallest absolute Gasteiger partial charge is 0.0568 e. The number of aliphatic hydroxyl groups excluding tert-OH is 1. The Labute approximate surface area is 145 Å². The second-order valence-electron chi connectivity index (χ2n) is 9.48. The summed E-state index contributed by atoms with van der Waals surface area (Å²) in [6.45, 7) is 12.2. The molecule has 0 radical (unpaired) electrons. The molecule has 0 bridgehead atoms. The zero-order chi connectivity index (χ0) is 17.0. The third kappa shape index (κ3) is 4.53. The highest BCUT2D eigenvalue weighted by molar-refractivity contribution is 4.93. The van der Waals surface area contributed by atoms with Gasteiger partial charge in [0.1, 0.15) is 0 Å². The van der Waals surface area contributed by atoms with Crippen LogP contribution in [0.4, 0.5) is 0 Å². The van der Waals surface area contributed by atoms with Crippen molar-refractivity contribution in [3.8, 4) is 0 Å². The SMILES string of the molecule is CCCC1CC(C(C)(C)C2CCC(O)C(CCC)C2)CCC1C. The van der Waals surface area contributed by atoms with E-state index >= 15 is 0 Å². The Bertz CT molecular complexity index is 316. The van der Waals surface area contributed by atoms with Crippen LogP contribution < -0.4 is 0 Å². The minimum absolute atomic E-state index is 0.0267. The van der Waals surface area contributed by atoms with E-state index in [1.54, 1.807) is 0 Å². The summed E-state index contributed by atoms with van der Waals surface area (Å²) in [7, 11) is 0. The fourth-order valence-corrected chi connectivity index (χ4v) is 5.80. The lowest BCUT2D eigenvalue weighted by atomic mass is 9.56. The lowest BCUT2D eigenvalue weighted by Gasteiger charge is -2.49. The standard InChI is InChI=1S/C22H42O/c1-6-8-17-14-19(11-10-16(17)3)22(4,5)20-12-13-21(23)18(15-20)9-7-2/h16-21,23H,6-15H2,1-5H3. The van der Waals surface area contributed by atoms with Gasteiger partial charge in [-0.15, -0.1) is 0 Å². The summed E-state index contributed by atoms with van der Waals surface area (Å²) in [4.78, 5) is 0. The van der Waals surface area contributed by atoms with Crippen molar-refractivity contribution in [3.63, 3.8) is 0 Å². The summed E-state index contributed by atoms with van der Waals surface area (Å²) in [6, 6.07) is 0. The zero-order valence-corrected chi connectivity index (χ0v) is 16.5. The zero-order valence-electron chi connectivity index (χ0n) is 16.5. The average molecular weight is 323 g/mol. The fourth-order valence-electron chi connectivity index (χ4n) is 5.80. The first-order valence-electron chi connectivity index (χ1n) is 10.6. The van der Waals surface area contributed by atoms with E-state index in [1.165, 1.54) is 57.8 Å². The summed E-state index contributed by atoms with van der Waals surface area (Å²) in [5.74, 6) is 4.18. The van der Waals surface area contributed by atoms with Gasteiger partial charge in [-0.1, -0.05) is 60.3 Å². The van der Waals surface area contributed by atoms with Crippen LogP contribution in [-0.2, 0) is 0 Å². The fraction of sp³-hybridized carbons (Fsp3) is 1.00. The van der Waals surface area contributed by atoms with Gasteiger partial charge in [-0.05, 0) is 73.5 Å². The van der Waals surface area contributed by atoms with Crippen LogP contribution in [0.2, 0.25) is 0 Å². The van der Waals surface area contributed by atoms with Crippen molar-refractivity contribution in [2.24, 2.45) is 35.0 Å². The summed E-state index contributed by atoms with van der Waals surface area (Å²) in [6.07, 6.45) is 13.1. The van der Waals surface area contributed by atoms with Gasteiger partial charge in [0.2, 0.25) is 0 Å². The van der Waals surface area contributed by atoms with Crippen molar-refractivity contribution in [2.45, 2.75) is 105 Å². The van der Waals surface area contributed by atoms with E-state index < -0.39 is 0 Å². The minimum Gasteiger partial charge on any atom is -0.393 e. The molecule has 0 aliphatic heterocycles. The number of hydrogen-bond acceptors (Lipinski definition) is 1. The molecule has 6 atom stereocenters. The maximum Gasteiger partial charge on any atom is 0.0568 e. The Hall–Kier alpha value is -0.0400. The molecule has 2 aliphatic rings. The van der Waals surface area contributed by atoms with Gasteiger partial charge in [0.25, 0.3) is 0 Å². The van der Waals surface area contributed by atoms with Crippen molar-refractivity contribution in [1.29, 1.82) is 0 Å². The molecule has 0 aromatic carbocycles. The summed E-state index contributed by atoms with van der Waals surface area (Å²) in [5, 5.41) is 10.3. The summed E-state index contributed by atoms with van der Waals surface area (Å²) >= 11 is 0. The molecular weight excluding hydrogens is 280 g/mol. The molecule has 23 heavy (non-hydrogen) atoms. The molecule has 0 heterocycles. The van der Waals surface area contributed by atoms with E-state index in [4.69, 9.17) is 0 Å². The molecule has 136 valence electrons. The third-order valence-electron chi connectivity index (χ3n) is 7.73. The Morgan fingerprint density at radius 1 is 0.826 bits per heavy atom. The average Bonchev–Trinajstić information content (AvgIpc) is 2.51. The van der Waals surface area contributed by atoms with Crippen molar-refractivity contribution in [1.82, 2.24) is 0 Å². The molecule has 0 aromatic heterocycles. The number of rotatable bonds is 6. The summed E-state index contributed by atoms with van der Waals surface area (Å²) in [5.41, 5.74) is 0.457. The maximum atomic E-state index is 10.3. The van der Waals surface area contributed by atoms with Gasteiger partial charge in [-0.3, -0.25) is 0 Å². The second kappa shape index (κ2) is 8.37. The largest absolute Gasteiger partial charge is 0.393 e. The Kier molecular flexibility index (Phi) is 7.01. The van der Waals surface area contributed by atoms with Gasteiger partial charge in [0, 0.05) is 0 Å².